The lowest BCUT2D eigenvalue weighted by Crippen LogP contribution is -2.26. The standard InChI is InChI=1S/C12H23N5O2S/c1-4-6-10-16-11(14-5-2)9-12(17-10)15-7-8-20(18,19)13-3/h9,13H,4-8H2,1-3H3,(H2,14,15,16,17). The van der Waals surface area contributed by atoms with Crippen LogP contribution in [0.4, 0.5) is 11.6 Å². The summed E-state index contributed by atoms with van der Waals surface area (Å²) in [6, 6.07) is 1.79. The van der Waals surface area contributed by atoms with E-state index < -0.39 is 10.0 Å². The molecule has 114 valence electrons. The molecule has 1 rings (SSSR count). The molecule has 0 fully saturated rings. The van der Waals surface area contributed by atoms with Gasteiger partial charge in [-0.1, -0.05) is 6.92 Å². The Balaban J connectivity index is 2.72. The fraction of sp³-hybridized carbons (Fsp3) is 0.667. The molecule has 0 aliphatic rings. The molecule has 20 heavy (non-hydrogen) atoms. The summed E-state index contributed by atoms with van der Waals surface area (Å²) in [6.07, 6.45) is 1.76. The molecule has 1 heterocycles. The molecule has 1 aromatic rings. The van der Waals surface area contributed by atoms with E-state index in [1.54, 1.807) is 6.07 Å². The fourth-order valence-electron chi connectivity index (χ4n) is 1.61. The number of aromatic nitrogens is 2. The second kappa shape index (κ2) is 8.01. The van der Waals surface area contributed by atoms with E-state index in [0.29, 0.717) is 12.4 Å². The molecule has 0 bridgehead atoms. The molecule has 0 saturated carbocycles. The monoisotopic (exact) mass is 301 g/mol. The van der Waals surface area contributed by atoms with E-state index >= 15 is 0 Å². The van der Waals surface area contributed by atoms with Crippen LogP contribution in [0.2, 0.25) is 0 Å². The maximum atomic E-state index is 11.3. The quantitative estimate of drug-likeness (QED) is 0.625. The average molecular weight is 301 g/mol. The van der Waals surface area contributed by atoms with Gasteiger partial charge in [0.2, 0.25) is 10.0 Å². The summed E-state index contributed by atoms with van der Waals surface area (Å²) in [5, 5.41) is 6.17. The van der Waals surface area contributed by atoms with Gasteiger partial charge >= 0.3 is 0 Å². The van der Waals surface area contributed by atoms with Gasteiger partial charge in [-0.25, -0.2) is 23.1 Å². The first-order valence-electron chi connectivity index (χ1n) is 6.77. The zero-order valence-electron chi connectivity index (χ0n) is 12.2. The maximum Gasteiger partial charge on any atom is 0.213 e. The molecule has 0 unspecified atom stereocenters. The smallest absolute Gasteiger partial charge is 0.213 e. The Morgan fingerprint density at radius 1 is 1.15 bits per heavy atom. The van der Waals surface area contributed by atoms with Gasteiger partial charge in [-0.3, -0.25) is 0 Å². The fourth-order valence-corrected chi connectivity index (χ4v) is 2.19. The van der Waals surface area contributed by atoms with E-state index in [-0.39, 0.29) is 5.75 Å². The van der Waals surface area contributed by atoms with Crippen LogP contribution >= 0.6 is 0 Å². The third-order valence-electron chi connectivity index (χ3n) is 2.59. The first-order valence-corrected chi connectivity index (χ1v) is 8.43. The van der Waals surface area contributed by atoms with Crippen LogP contribution < -0.4 is 15.4 Å². The molecule has 1 aromatic heterocycles. The number of hydrogen-bond donors (Lipinski definition) is 3. The number of rotatable bonds is 9. The van der Waals surface area contributed by atoms with Gasteiger partial charge in [0.1, 0.15) is 17.5 Å². The molecule has 0 atom stereocenters. The van der Waals surface area contributed by atoms with Gasteiger partial charge in [-0.2, -0.15) is 0 Å². The average Bonchev–Trinajstić information content (AvgIpc) is 2.39. The van der Waals surface area contributed by atoms with Crippen molar-refractivity contribution in [2.45, 2.75) is 26.7 Å². The van der Waals surface area contributed by atoms with Crippen LogP contribution in [0.15, 0.2) is 6.07 Å². The highest BCUT2D eigenvalue weighted by atomic mass is 32.2. The topological polar surface area (TPSA) is 96.0 Å². The van der Waals surface area contributed by atoms with E-state index in [1.165, 1.54) is 7.05 Å². The predicted molar refractivity (Wildman–Crippen MR) is 81.5 cm³/mol. The summed E-state index contributed by atoms with van der Waals surface area (Å²) in [5.74, 6) is 2.16. The van der Waals surface area contributed by atoms with Crippen molar-refractivity contribution < 1.29 is 8.42 Å². The Morgan fingerprint density at radius 2 is 1.80 bits per heavy atom. The Morgan fingerprint density at radius 3 is 2.35 bits per heavy atom. The van der Waals surface area contributed by atoms with Crippen molar-refractivity contribution >= 4 is 21.7 Å². The minimum absolute atomic E-state index is 0.00710. The van der Waals surface area contributed by atoms with Crippen molar-refractivity contribution in [1.82, 2.24) is 14.7 Å². The summed E-state index contributed by atoms with van der Waals surface area (Å²) in [6.45, 7) is 5.14. The van der Waals surface area contributed by atoms with Crippen LogP contribution in [0.5, 0.6) is 0 Å². The Bertz CT molecular complexity index is 494. The molecule has 0 aliphatic carbocycles. The van der Waals surface area contributed by atoms with Crippen molar-refractivity contribution in [2.24, 2.45) is 0 Å². The lowest BCUT2D eigenvalue weighted by Gasteiger charge is -2.10. The Hall–Kier alpha value is -1.41. The molecule has 8 heteroatoms. The van der Waals surface area contributed by atoms with E-state index in [1.807, 2.05) is 6.92 Å². The van der Waals surface area contributed by atoms with Crippen LogP contribution in [-0.2, 0) is 16.4 Å². The van der Waals surface area contributed by atoms with E-state index in [0.717, 1.165) is 31.0 Å². The zero-order chi connectivity index (χ0) is 15.0. The molecule has 0 radical (unpaired) electrons. The number of hydrogen-bond acceptors (Lipinski definition) is 6. The first-order chi connectivity index (χ1) is 9.50. The third-order valence-corrected chi connectivity index (χ3v) is 3.96. The van der Waals surface area contributed by atoms with E-state index in [4.69, 9.17) is 0 Å². The largest absolute Gasteiger partial charge is 0.370 e. The number of sulfonamides is 1. The van der Waals surface area contributed by atoms with E-state index in [9.17, 15) is 8.42 Å². The maximum absolute atomic E-state index is 11.3. The van der Waals surface area contributed by atoms with Crippen LogP contribution in [0.3, 0.4) is 0 Å². The van der Waals surface area contributed by atoms with Crippen molar-refractivity contribution in [3.05, 3.63) is 11.9 Å². The number of aryl methyl sites for hydroxylation is 1. The molecule has 0 saturated heterocycles. The first kappa shape index (κ1) is 16.6. The lowest BCUT2D eigenvalue weighted by atomic mass is 10.3. The Labute approximate surface area is 120 Å². The van der Waals surface area contributed by atoms with Crippen molar-refractivity contribution in [3.63, 3.8) is 0 Å². The van der Waals surface area contributed by atoms with E-state index in [2.05, 4.69) is 32.2 Å². The predicted octanol–water partition coefficient (Wildman–Crippen LogP) is 0.822. The highest BCUT2D eigenvalue weighted by molar-refractivity contribution is 7.89. The summed E-state index contributed by atoms with van der Waals surface area (Å²) in [4.78, 5) is 8.77. The van der Waals surface area contributed by atoms with Gasteiger partial charge in [0, 0.05) is 25.6 Å². The third kappa shape index (κ3) is 5.70. The number of nitrogens with one attached hydrogen (secondary N) is 3. The normalized spacial score (nSPS) is 11.3. The zero-order valence-corrected chi connectivity index (χ0v) is 13.0. The van der Waals surface area contributed by atoms with Crippen LogP contribution in [0.1, 0.15) is 26.1 Å². The molecule has 0 spiro atoms. The van der Waals surface area contributed by atoms with Crippen molar-refractivity contribution in [3.8, 4) is 0 Å². The number of nitrogens with zero attached hydrogens (tertiary/aromatic N) is 2. The summed E-state index contributed by atoms with van der Waals surface area (Å²) >= 11 is 0. The van der Waals surface area contributed by atoms with Gasteiger partial charge in [-0.15, -0.1) is 0 Å². The lowest BCUT2D eigenvalue weighted by molar-refractivity contribution is 0.588. The summed E-state index contributed by atoms with van der Waals surface area (Å²) in [5.41, 5.74) is 0. The van der Waals surface area contributed by atoms with Crippen LogP contribution in [0.25, 0.3) is 0 Å². The highest BCUT2D eigenvalue weighted by Gasteiger charge is 2.08. The van der Waals surface area contributed by atoms with Gasteiger partial charge in [0.25, 0.3) is 0 Å². The summed E-state index contributed by atoms with van der Waals surface area (Å²) < 4.78 is 24.9. The van der Waals surface area contributed by atoms with Crippen molar-refractivity contribution in [2.75, 3.05) is 36.5 Å². The van der Waals surface area contributed by atoms with Gasteiger partial charge in [-0.05, 0) is 20.4 Å². The molecular formula is C12H23N5O2S. The molecule has 3 N–H and O–H groups in total. The molecule has 7 nitrogen and oxygen atoms in total. The molecule has 0 amide bonds. The highest BCUT2D eigenvalue weighted by Crippen LogP contribution is 2.12. The minimum Gasteiger partial charge on any atom is -0.370 e. The second-order valence-corrected chi connectivity index (χ2v) is 6.33. The number of anilines is 2. The molecule has 0 aliphatic heterocycles. The SMILES string of the molecule is CCCc1nc(NCC)cc(NCCS(=O)(=O)NC)n1. The second-order valence-electron chi connectivity index (χ2n) is 4.28. The van der Waals surface area contributed by atoms with Crippen LogP contribution in [0, 0.1) is 0 Å². The molecule has 0 aromatic carbocycles. The van der Waals surface area contributed by atoms with Gasteiger partial charge in [0.15, 0.2) is 0 Å². The van der Waals surface area contributed by atoms with Gasteiger partial charge in [0.05, 0.1) is 5.75 Å². The Kier molecular flexibility index (Phi) is 6.66. The molecular weight excluding hydrogens is 278 g/mol. The summed E-state index contributed by atoms with van der Waals surface area (Å²) in [7, 11) is -1.80. The van der Waals surface area contributed by atoms with Crippen LogP contribution in [-0.4, -0.2) is 44.3 Å². The van der Waals surface area contributed by atoms with Crippen molar-refractivity contribution in [1.29, 1.82) is 0 Å². The van der Waals surface area contributed by atoms with Gasteiger partial charge < -0.3 is 10.6 Å². The minimum atomic E-state index is -3.20.